The van der Waals surface area contributed by atoms with Crippen molar-refractivity contribution in [2.45, 2.75) is 115 Å². The molecule has 4 heterocycles. The van der Waals surface area contributed by atoms with Gasteiger partial charge >= 0.3 is 0 Å². The summed E-state index contributed by atoms with van der Waals surface area (Å²) in [6.45, 7) is 8.62. The molecule has 0 radical (unpaired) electrons. The highest BCUT2D eigenvalue weighted by atomic mass is 16.8. The van der Waals surface area contributed by atoms with Crippen LogP contribution in [0.25, 0.3) is 12.2 Å². The average molecular weight is 655 g/mol. The highest BCUT2D eigenvalue weighted by Gasteiger charge is 2.56. The minimum Gasteiger partial charge on any atom is -0.368 e. The number of benzene rings is 3. The van der Waals surface area contributed by atoms with Gasteiger partial charge in [0.2, 0.25) is 0 Å². The van der Waals surface area contributed by atoms with E-state index in [2.05, 4.69) is 72.8 Å². The molecule has 0 aliphatic carbocycles. The van der Waals surface area contributed by atoms with Gasteiger partial charge in [0.1, 0.15) is 24.4 Å². The van der Waals surface area contributed by atoms with E-state index >= 15 is 0 Å². The number of hydrogen-bond donors (Lipinski definition) is 0. The lowest BCUT2D eigenvalue weighted by Gasteiger charge is -2.25. The molecule has 8 atom stereocenters. The highest BCUT2D eigenvalue weighted by molar-refractivity contribution is 5.55. The van der Waals surface area contributed by atoms with Gasteiger partial charge in [-0.3, -0.25) is 0 Å². The van der Waals surface area contributed by atoms with Crippen molar-refractivity contribution in [2.24, 2.45) is 0 Å². The van der Waals surface area contributed by atoms with Gasteiger partial charge < -0.3 is 37.9 Å². The van der Waals surface area contributed by atoms with Gasteiger partial charge in [0.15, 0.2) is 24.2 Å². The van der Waals surface area contributed by atoms with E-state index in [-0.39, 0.29) is 36.6 Å². The lowest BCUT2D eigenvalue weighted by molar-refractivity contribution is -0.219. The molecule has 0 saturated carbocycles. The Balaban J connectivity index is 0.928. The lowest BCUT2D eigenvalue weighted by atomic mass is 10.0. The minimum atomic E-state index is -0.693. The third-order valence-corrected chi connectivity index (χ3v) is 9.04. The fourth-order valence-electron chi connectivity index (χ4n) is 6.80. The number of fused-ring (bicyclic) bond motifs is 2. The second-order valence-corrected chi connectivity index (χ2v) is 13.8. The molecule has 4 fully saturated rings. The molecule has 0 N–H and O–H groups in total. The third-order valence-electron chi connectivity index (χ3n) is 9.04. The summed E-state index contributed by atoms with van der Waals surface area (Å²) < 4.78 is 49.7. The Morgan fingerprint density at radius 3 is 1.33 bits per heavy atom. The monoisotopic (exact) mass is 654 g/mol. The van der Waals surface area contributed by atoms with Crippen LogP contribution in [0.15, 0.2) is 97.1 Å². The van der Waals surface area contributed by atoms with Crippen LogP contribution in [0.4, 0.5) is 0 Å². The van der Waals surface area contributed by atoms with Gasteiger partial charge in [-0.1, -0.05) is 109 Å². The summed E-state index contributed by atoms with van der Waals surface area (Å²) in [5.74, 6) is -1.39. The number of rotatable bonds is 12. The largest absolute Gasteiger partial charge is 0.368 e. The molecule has 0 spiro atoms. The fraction of sp³-hybridized carbons (Fsp3) is 0.450. The molecule has 0 amide bonds. The van der Waals surface area contributed by atoms with E-state index in [0.717, 1.165) is 22.3 Å². The molecule has 48 heavy (non-hydrogen) atoms. The molecular weight excluding hydrogens is 608 g/mol. The van der Waals surface area contributed by atoms with Crippen LogP contribution in [0.2, 0.25) is 0 Å². The first-order valence-electron chi connectivity index (χ1n) is 17.0. The molecular formula is C40H46O8. The van der Waals surface area contributed by atoms with Gasteiger partial charge in [0, 0.05) is 0 Å². The zero-order valence-electron chi connectivity index (χ0n) is 28.1. The minimum absolute atomic E-state index is 0.169. The molecule has 4 aliphatic heterocycles. The van der Waals surface area contributed by atoms with Crippen LogP contribution < -0.4 is 0 Å². The van der Waals surface area contributed by atoms with Crippen molar-refractivity contribution in [2.75, 3.05) is 0 Å². The van der Waals surface area contributed by atoms with Gasteiger partial charge in [-0.05, 0) is 62.8 Å². The Morgan fingerprint density at radius 1 is 0.542 bits per heavy atom. The van der Waals surface area contributed by atoms with Crippen LogP contribution >= 0.6 is 0 Å². The maximum Gasteiger partial charge on any atom is 0.190 e. The van der Waals surface area contributed by atoms with Crippen LogP contribution in [0.5, 0.6) is 0 Å². The molecule has 8 nitrogen and oxygen atoms in total. The number of ether oxygens (including phenoxy) is 8. The molecule has 3 aromatic rings. The predicted octanol–water partition coefficient (Wildman–Crippen LogP) is 7.42. The van der Waals surface area contributed by atoms with Crippen molar-refractivity contribution in [3.8, 4) is 0 Å². The molecule has 4 saturated heterocycles. The second kappa shape index (κ2) is 14.4. The zero-order chi connectivity index (χ0) is 33.1. The third kappa shape index (κ3) is 7.99. The first-order chi connectivity index (χ1) is 23.2. The number of hydrogen-bond acceptors (Lipinski definition) is 8. The molecule has 4 aliphatic rings. The smallest absolute Gasteiger partial charge is 0.190 e. The topological polar surface area (TPSA) is 73.8 Å². The van der Waals surface area contributed by atoms with E-state index in [9.17, 15) is 0 Å². The average Bonchev–Trinajstić information content (AvgIpc) is 3.75. The van der Waals surface area contributed by atoms with Gasteiger partial charge in [-0.15, -0.1) is 0 Å². The van der Waals surface area contributed by atoms with Crippen molar-refractivity contribution >= 4 is 12.2 Å². The molecule has 0 aromatic heterocycles. The quantitative estimate of drug-likeness (QED) is 0.200. The van der Waals surface area contributed by atoms with Crippen LogP contribution in [-0.4, -0.2) is 60.8 Å². The van der Waals surface area contributed by atoms with Gasteiger partial charge in [0.25, 0.3) is 0 Å². The fourth-order valence-corrected chi connectivity index (χ4v) is 6.80. The van der Waals surface area contributed by atoms with Crippen LogP contribution in [0.3, 0.4) is 0 Å². The SMILES string of the molecule is CC1(C)O[C@H]2O[C@H](C/C=C/c3ccc(/C=C/C[C@H]4O[C@@H]5OC(C)(C)O[C@@H]5[C@H]4OCc4ccccc4)cc3)[C@H](OCc3ccccc3)[C@H]2O1. The summed E-state index contributed by atoms with van der Waals surface area (Å²) >= 11 is 0. The molecule has 8 heteroatoms. The van der Waals surface area contributed by atoms with Gasteiger partial charge in [-0.2, -0.15) is 0 Å². The summed E-state index contributed by atoms with van der Waals surface area (Å²) in [4.78, 5) is 0. The van der Waals surface area contributed by atoms with E-state index in [4.69, 9.17) is 37.9 Å². The van der Waals surface area contributed by atoms with E-state index < -0.39 is 24.2 Å². The maximum absolute atomic E-state index is 6.37. The Hall–Kier alpha value is -3.18. The van der Waals surface area contributed by atoms with E-state index in [1.165, 1.54) is 0 Å². The van der Waals surface area contributed by atoms with Crippen molar-refractivity contribution in [3.63, 3.8) is 0 Å². The summed E-state index contributed by atoms with van der Waals surface area (Å²) in [5, 5.41) is 0. The Kier molecular flexibility index (Phi) is 9.96. The maximum atomic E-state index is 6.37. The van der Waals surface area contributed by atoms with Crippen LogP contribution in [-0.2, 0) is 51.1 Å². The van der Waals surface area contributed by atoms with Crippen molar-refractivity contribution < 1.29 is 37.9 Å². The van der Waals surface area contributed by atoms with E-state index in [1.807, 2.05) is 64.1 Å². The summed E-state index contributed by atoms with van der Waals surface area (Å²) in [6, 6.07) is 28.8. The van der Waals surface area contributed by atoms with Crippen LogP contribution in [0.1, 0.15) is 62.8 Å². The predicted molar refractivity (Wildman–Crippen MR) is 181 cm³/mol. The second-order valence-electron chi connectivity index (χ2n) is 13.8. The Labute approximate surface area is 283 Å². The van der Waals surface area contributed by atoms with Crippen molar-refractivity contribution in [1.82, 2.24) is 0 Å². The van der Waals surface area contributed by atoms with Crippen molar-refractivity contribution in [1.29, 1.82) is 0 Å². The summed E-state index contributed by atoms with van der Waals surface area (Å²) in [5.41, 5.74) is 4.45. The lowest BCUT2D eigenvalue weighted by Crippen LogP contribution is -2.36. The first-order valence-corrected chi connectivity index (χ1v) is 17.0. The summed E-state index contributed by atoms with van der Waals surface area (Å²) in [6.07, 6.45) is 7.68. The molecule has 0 unspecified atom stereocenters. The van der Waals surface area contributed by atoms with E-state index in [1.54, 1.807) is 0 Å². The normalized spacial score (nSPS) is 31.9. The molecule has 7 rings (SSSR count). The Morgan fingerprint density at radius 2 is 0.938 bits per heavy atom. The van der Waals surface area contributed by atoms with E-state index in [0.29, 0.717) is 26.1 Å². The molecule has 0 bridgehead atoms. The first kappa shape index (κ1) is 33.3. The molecule has 254 valence electrons. The standard InChI is InChI=1S/C40H46O8/c1-39(2)45-35-33(41-25-29-13-7-5-8-14-29)31(43-37(35)47-39)19-11-17-27-21-23-28(24-22-27)18-12-20-32-34(42-26-30-15-9-6-10-16-30)36-38(44-32)48-40(3,4)46-36/h5-18,21-24,31-38H,19-20,25-26H2,1-4H3/b17-11+,18-12+/t31-,32-,33+,34+,35-,36-,37-,38-/m1/s1. The van der Waals surface area contributed by atoms with Gasteiger partial charge in [0.05, 0.1) is 25.4 Å². The van der Waals surface area contributed by atoms with Crippen LogP contribution in [0, 0.1) is 0 Å². The molecule has 3 aromatic carbocycles. The zero-order valence-corrected chi connectivity index (χ0v) is 28.1. The Bertz CT molecular complexity index is 1420. The highest BCUT2D eigenvalue weighted by Crippen LogP contribution is 2.41. The summed E-state index contributed by atoms with van der Waals surface area (Å²) in [7, 11) is 0. The van der Waals surface area contributed by atoms with Gasteiger partial charge in [-0.25, -0.2) is 0 Å². The van der Waals surface area contributed by atoms with Crippen molar-refractivity contribution in [3.05, 3.63) is 119 Å².